The van der Waals surface area contributed by atoms with Crippen LogP contribution < -0.4 is 14.8 Å². The van der Waals surface area contributed by atoms with Gasteiger partial charge in [-0.25, -0.2) is 0 Å². The van der Waals surface area contributed by atoms with Crippen molar-refractivity contribution < 1.29 is 9.47 Å². The summed E-state index contributed by atoms with van der Waals surface area (Å²) in [7, 11) is 1.71. The Morgan fingerprint density at radius 2 is 2.17 bits per heavy atom. The van der Waals surface area contributed by atoms with E-state index in [4.69, 9.17) is 9.47 Å². The highest BCUT2D eigenvalue weighted by Gasteiger charge is 2.35. The van der Waals surface area contributed by atoms with Crippen molar-refractivity contribution in [3.8, 4) is 11.5 Å². The fourth-order valence-corrected chi connectivity index (χ4v) is 2.71. The van der Waals surface area contributed by atoms with E-state index in [-0.39, 0.29) is 5.54 Å². The summed E-state index contributed by atoms with van der Waals surface area (Å²) in [5, 5.41) is 3.60. The van der Waals surface area contributed by atoms with Crippen molar-refractivity contribution in [3.63, 3.8) is 0 Å². The zero-order valence-electron chi connectivity index (χ0n) is 11.2. The lowest BCUT2D eigenvalue weighted by Gasteiger charge is -2.28. The van der Waals surface area contributed by atoms with Crippen LogP contribution in [0.2, 0.25) is 0 Å². The van der Waals surface area contributed by atoms with E-state index in [9.17, 15) is 0 Å². The lowest BCUT2D eigenvalue weighted by atomic mass is 9.89. The number of hydrogen-bond donors (Lipinski definition) is 1. The van der Waals surface area contributed by atoms with Gasteiger partial charge in [0.25, 0.3) is 0 Å². The van der Waals surface area contributed by atoms with E-state index >= 15 is 0 Å². The van der Waals surface area contributed by atoms with Crippen LogP contribution in [0, 0.1) is 0 Å². The van der Waals surface area contributed by atoms with Crippen molar-refractivity contribution in [1.29, 1.82) is 0 Å². The maximum absolute atomic E-state index is 6.09. The highest BCUT2D eigenvalue weighted by Crippen LogP contribution is 2.43. The summed E-state index contributed by atoms with van der Waals surface area (Å²) in [6.07, 6.45) is 5.10. The summed E-state index contributed by atoms with van der Waals surface area (Å²) >= 11 is 0. The summed E-state index contributed by atoms with van der Waals surface area (Å²) in [5.74, 6) is 1.80. The second-order valence-corrected chi connectivity index (χ2v) is 5.52. The van der Waals surface area contributed by atoms with Gasteiger partial charge in [0.2, 0.25) is 0 Å². The molecule has 0 amide bonds. The molecule has 1 saturated heterocycles. The first-order valence-electron chi connectivity index (χ1n) is 6.82. The molecule has 2 fully saturated rings. The number of benzene rings is 1. The summed E-state index contributed by atoms with van der Waals surface area (Å²) in [6, 6.07) is 6.21. The van der Waals surface area contributed by atoms with Crippen molar-refractivity contribution in [2.24, 2.45) is 0 Å². The standard InChI is InChI=1S/C15H21NO2/c1-15(9-4-10-16-15)12-5-3-6-13(17-2)14(12)18-11-7-8-11/h3,5-6,11,16H,4,7-10H2,1-2H3. The quantitative estimate of drug-likeness (QED) is 0.887. The Morgan fingerprint density at radius 3 is 2.78 bits per heavy atom. The minimum absolute atomic E-state index is 0.0266. The third kappa shape index (κ3) is 2.07. The third-order valence-electron chi connectivity index (χ3n) is 3.97. The van der Waals surface area contributed by atoms with Crippen molar-refractivity contribution >= 4 is 0 Å². The van der Waals surface area contributed by atoms with Gasteiger partial charge in [0.1, 0.15) is 0 Å². The van der Waals surface area contributed by atoms with E-state index in [0.717, 1.165) is 24.5 Å². The second-order valence-electron chi connectivity index (χ2n) is 5.52. The second kappa shape index (κ2) is 4.47. The van der Waals surface area contributed by atoms with Gasteiger partial charge in [0.15, 0.2) is 11.5 Å². The van der Waals surface area contributed by atoms with Gasteiger partial charge in [-0.05, 0) is 45.2 Å². The van der Waals surface area contributed by atoms with Crippen molar-refractivity contribution in [2.75, 3.05) is 13.7 Å². The molecule has 1 heterocycles. The van der Waals surface area contributed by atoms with E-state index in [1.165, 1.54) is 24.8 Å². The summed E-state index contributed by atoms with van der Waals surface area (Å²) in [6.45, 7) is 3.34. The first-order valence-corrected chi connectivity index (χ1v) is 6.82. The predicted octanol–water partition coefficient (Wildman–Crippen LogP) is 2.84. The molecular formula is C15H21NO2. The largest absolute Gasteiger partial charge is 0.493 e. The van der Waals surface area contributed by atoms with Gasteiger partial charge in [0, 0.05) is 11.1 Å². The summed E-state index contributed by atoms with van der Waals surface area (Å²) in [5.41, 5.74) is 1.27. The number of rotatable bonds is 4. The van der Waals surface area contributed by atoms with Crippen LogP contribution in [0.4, 0.5) is 0 Å². The smallest absolute Gasteiger partial charge is 0.166 e. The monoisotopic (exact) mass is 247 g/mol. The molecule has 1 aromatic carbocycles. The van der Waals surface area contributed by atoms with Gasteiger partial charge < -0.3 is 14.8 Å². The lowest BCUT2D eigenvalue weighted by Crippen LogP contribution is -2.33. The minimum Gasteiger partial charge on any atom is -0.493 e. The maximum atomic E-state index is 6.09. The molecule has 3 heteroatoms. The molecule has 1 saturated carbocycles. The molecule has 98 valence electrons. The Bertz CT molecular complexity index is 434. The van der Waals surface area contributed by atoms with E-state index in [1.807, 2.05) is 6.07 Å². The molecule has 1 aliphatic carbocycles. The number of methoxy groups -OCH3 is 1. The molecule has 3 nitrogen and oxygen atoms in total. The van der Waals surface area contributed by atoms with E-state index in [2.05, 4.69) is 24.4 Å². The Morgan fingerprint density at radius 1 is 1.33 bits per heavy atom. The fourth-order valence-electron chi connectivity index (χ4n) is 2.71. The topological polar surface area (TPSA) is 30.5 Å². The van der Waals surface area contributed by atoms with Crippen LogP contribution in [-0.2, 0) is 5.54 Å². The lowest BCUT2D eigenvalue weighted by molar-refractivity contribution is 0.269. The van der Waals surface area contributed by atoms with Crippen LogP contribution >= 0.6 is 0 Å². The molecule has 2 aliphatic rings. The van der Waals surface area contributed by atoms with Crippen LogP contribution in [0.15, 0.2) is 18.2 Å². The van der Waals surface area contributed by atoms with Gasteiger partial charge in [-0.2, -0.15) is 0 Å². The van der Waals surface area contributed by atoms with Crippen LogP contribution in [0.25, 0.3) is 0 Å². The van der Waals surface area contributed by atoms with Crippen molar-refractivity contribution in [3.05, 3.63) is 23.8 Å². The van der Waals surface area contributed by atoms with Gasteiger partial charge in [-0.15, -0.1) is 0 Å². The van der Waals surface area contributed by atoms with Crippen LogP contribution in [-0.4, -0.2) is 19.8 Å². The van der Waals surface area contributed by atoms with Gasteiger partial charge >= 0.3 is 0 Å². The number of para-hydroxylation sites is 1. The SMILES string of the molecule is COc1cccc(C2(C)CCCN2)c1OC1CC1. The predicted molar refractivity (Wildman–Crippen MR) is 71.2 cm³/mol. The fraction of sp³-hybridized carbons (Fsp3) is 0.600. The molecule has 3 rings (SSSR count). The van der Waals surface area contributed by atoms with Crippen LogP contribution in [0.5, 0.6) is 11.5 Å². The Labute approximate surface area is 108 Å². The molecule has 18 heavy (non-hydrogen) atoms. The van der Waals surface area contributed by atoms with Crippen LogP contribution in [0.3, 0.4) is 0 Å². The summed E-state index contributed by atoms with van der Waals surface area (Å²) < 4.78 is 11.6. The van der Waals surface area contributed by atoms with E-state index in [1.54, 1.807) is 7.11 Å². The molecule has 0 radical (unpaired) electrons. The number of hydrogen-bond acceptors (Lipinski definition) is 3. The molecule has 1 N–H and O–H groups in total. The molecule has 1 aromatic rings. The minimum atomic E-state index is 0.0266. The van der Waals surface area contributed by atoms with E-state index in [0.29, 0.717) is 6.10 Å². The Balaban J connectivity index is 2.00. The Hall–Kier alpha value is -1.22. The highest BCUT2D eigenvalue weighted by atomic mass is 16.5. The Kier molecular flexibility index (Phi) is 2.94. The normalized spacial score (nSPS) is 27.2. The number of ether oxygens (including phenoxy) is 2. The average molecular weight is 247 g/mol. The zero-order chi connectivity index (χ0) is 12.6. The first-order chi connectivity index (χ1) is 8.73. The molecular weight excluding hydrogens is 226 g/mol. The van der Waals surface area contributed by atoms with Gasteiger partial charge in [0.05, 0.1) is 13.2 Å². The highest BCUT2D eigenvalue weighted by molar-refractivity contribution is 5.50. The first kappa shape index (κ1) is 11.8. The van der Waals surface area contributed by atoms with E-state index < -0.39 is 0 Å². The van der Waals surface area contributed by atoms with Crippen LogP contribution in [0.1, 0.15) is 38.2 Å². The van der Waals surface area contributed by atoms with Gasteiger partial charge in [-0.3, -0.25) is 0 Å². The molecule has 1 atom stereocenters. The molecule has 0 aromatic heterocycles. The van der Waals surface area contributed by atoms with Crippen molar-refractivity contribution in [2.45, 2.75) is 44.2 Å². The molecule has 0 spiro atoms. The zero-order valence-corrected chi connectivity index (χ0v) is 11.2. The molecule has 1 unspecified atom stereocenters. The molecule has 0 bridgehead atoms. The summed E-state index contributed by atoms with van der Waals surface area (Å²) in [4.78, 5) is 0. The average Bonchev–Trinajstić information content (AvgIpc) is 3.09. The van der Waals surface area contributed by atoms with Gasteiger partial charge in [-0.1, -0.05) is 12.1 Å². The van der Waals surface area contributed by atoms with Crippen molar-refractivity contribution in [1.82, 2.24) is 5.32 Å². The molecule has 1 aliphatic heterocycles. The maximum Gasteiger partial charge on any atom is 0.166 e. The number of nitrogens with one attached hydrogen (secondary N) is 1. The third-order valence-corrected chi connectivity index (χ3v) is 3.97.